The highest BCUT2D eigenvalue weighted by Gasteiger charge is 2.21. The molecule has 0 amide bonds. The van der Waals surface area contributed by atoms with Crippen molar-refractivity contribution < 1.29 is 19.0 Å². The van der Waals surface area contributed by atoms with Crippen LogP contribution in [-0.4, -0.2) is 11.8 Å². The number of carbonyl (C=O) groups is 1. The Morgan fingerprint density at radius 3 is 3.00 bits per heavy atom. The fourth-order valence-corrected chi connectivity index (χ4v) is 1.46. The van der Waals surface area contributed by atoms with E-state index in [0.717, 1.165) is 0 Å². The van der Waals surface area contributed by atoms with Crippen molar-refractivity contribution in [1.29, 1.82) is 0 Å². The van der Waals surface area contributed by atoms with Crippen molar-refractivity contribution in [1.82, 2.24) is 0 Å². The summed E-state index contributed by atoms with van der Waals surface area (Å²) in [5, 5.41) is -0.809. The lowest BCUT2D eigenvalue weighted by molar-refractivity contribution is -0.215. The van der Waals surface area contributed by atoms with Gasteiger partial charge in [0.2, 0.25) is 0 Å². The average Bonchev–Trinajstić information content (AvgIpc) is 2.18. The van der Waals surface area contributed by atoms with Crippen molar-refractivity contribution >= 4 is 16.8 Å². The summed E-state index contributed by atoms with van der Waals surface area (Å²) in [6.45, 7) is 0.268. The summed E-state index contributed by atoms with van der Waals surface area (Å²) in [5.41, 5.74) is 0.207. The molecule has 5 heteroatoms. The van der Waals surface area contributed by atoms with Crippen molar-refractivity contribution in [2.24, 2.45) is 0 Å². The number of carbonyl (C=O) groups excluding carboxylic acids is 1. The molecule has 0 atom stereocenters. The molecule has 0 fully saturated rings. The van der Waals surface area contributed by atoms with Gasteiger partial charge >= 0.3 is 0 Å². The standard InChI is InChI=1S/C9H6ClFO3/c10-9(12)6-1-2-7-5(8(6)11)3-4-13-14-7/h1-2H,3-4H2. The first-order valence-corrected chi connectivity index (χ1v) is 4.38. The van der Waals surface area contributed by atoms with E-state index in [2.05, 4.69) is 4.89 Å². The fourth-order valence-electron chi connectivity index (χ4n) is 1.32. The van der Waals surface area contributed by atoms with Crippen LogP contribution in [0.3, 0.4) is 0 Å². The molecule has 1 aliphatic rings. The Kier molecular flexibility index (Phi) is 2.39. The van der Waals surface area contributed by atoms with Gasteiger partial charge in [0.05, 0.1) is 12.2 Å². The molecule has 0 aromatic heterocycles. The first-order valence-electron chi connectivity index (χ1n) is 4.01. The van der Waals surface area contributed by atoms with Crippen LogP contribution in [0.15, 0.2) is 12.1 Å². The highest BCUT2D eigenvalue weighted by Crippen LogP contribution is 2.28. The summed E-state index contributed by atoms with van der Waals surface area (Å²) in [6, 6.07) is 2.74. The molecule has 0 saturated carbocycles. The van der Waals surface area contributed by atoms with Gasteiger partial charge < -0.3 is 4.89 Å². The lowest BCUT2D eigenvalue weighted by Crippen LogP contribution is -2.14. The predicted octanol–water partition coefficient (Wildman–Crippen LogP) is 2.07. The van der Waals surface area contributed by atoms with Gasteiger partial charge in [-0.1, -0.05) is 0 Å². The van der Waals surface area contributed by atoms with Gasteiger partial charge in [-0.05, 0) is 23.7 Å². The minimum atomic E-state index is -0.809. The highest BCUT2D eigenvalue weighted by molar-refractivity contribution is 6.67. The van der Waals surface area contributed by atoms with E-state index in [-0.39, 0.29) is 12.2 Å². The van der Waals surface area contributed by atoms with E-state index in [1.54, 1.807) is 0 Å². The Bertz CT molecular complexity index is 392. The van der Waals surface area contributed by atoms with Crippen molar-refractivity contribution in [3.63, 3.8) is 0 Å². The number of rotatable bonds is 1. The Morgan fingerprint density at radius 2 is 2.29 bits per heavy atom. The largest absolute Gasteiger partial charge is 0.337 e. The summed E-state index contributed by atoms with van der Waals surface area (Å²) < 4.78 is 13.6. The maximum atomic E-state index is 13.6. The van der Waals surface area contributed by atoms with Crippen molar-refractivity contribution in [2.75, 3.05) is 6.61 Å². The van der Waals surface area contributed by atoms with Crippen LogP contribution in [0.1, 0.15) is 15.9 Å². The molecule has 14 heavy (non-hydrogen) atoms. The second kappa shape index (κ2) is 3.55. The molecule has 2 rings (SSSR count). The molecular formula is C9H6ClFO3. The zero-order chi connectivity index (χ0) is 10.1. The lowest BCUT2D eigenvalue weighted by atomic mass is 10.1. The molecule has 0 N–H and O–H groups in total. The first-order chi connectivity index (χ1) is 6.70. The quantitative estimate of drug-likeness (QED) is 0.533. The zero-order valence-electron chi connectivity index (χ0n) is 7.05. The van der Waals surface area contributed by atoms with E-state index < -0.39 is 11.1 Å². The third-order valence-corrected chi connectivity index (χ3v) is 2.20. The maximum Gasteiger partial charge on any atom is 0.255 e. The molecule has 0 aliphatic carbocycles. The van der Waals surface area contributed by atoms with Crippen LogP contribution in [0.5, 0.6) is 5.75 Å². The molecule has 1 heterocycles. The number of halogens is 2. The third-order valence-electron chi connectivity index (χ3n) is 2.00. The van der Waals surface area contributed by atoms with Crippen LogP contribution < -0.4 is 4.89 Å². The van der Waals surface area contributed by atoms with Crippen LogP contribution in [0, 0.1) is 5.82 Å². The van der Waals surface area contributed by atoms with Gasteiger partial charge in [-0.3, -0.25) is 4.79 Å². The first kappa shape index (κ1) is 9.43. The summed E-state index contributed by atoms with van der Waals surface area (Å²) in [4.78, 5) is 20.2. The van der Waals surface area contributed by atoms with Gasteiger partial charge in [-0.15, -0.1) is 0 Å². The Morgan fingerprint density at radius 1 is 1.50 bits per heavy atom. The van der Waals surface area contributed by atoms with Crippen LogP contribution in [0.2, 0.25) is 0 Å². The van der Waals surface area contributed by atoms with Crippen LogP contribution in [-0.2, 0) is 11.3 Å². The average molecular weight is 217 g/mol. The van der Waals surface area contributed by atoms with E-state index in [0.29, 0.717) is 17.7 Å². The monoisotopic (exact) mass is 216 g/mol. The van der Waals surface area contributed by atoms with Crippen molar-refractivity contribution in [3.05, 3.63) is 29.1 Å². The molecule has 0 saturated heterocycles. The number of fused-ring (bicyclic) bond motifs is 1. The topological polar surface area (TPSA) is 35.5 Å². The van der Waals surface area contributed by atoms with E-state index in [1.165, 1.54) is 12.1 Å². The molecule has 0 radical (unpaired) electrons. The minimum absolute atomic E-state index is 0.129. The van der Waals surface area contributed by atoms with Crippen molar-refractivity contribution in [2.45, 2.75) is 6.42 Å². The summed E-state index contributed by atoms with van der Waals surface area (Å²) in [7, 11) is 0. The van der Waals surface area contributed by atoms with Gasteiger partial charge in [0.1, 0.15) is 5.82 Å². The Balaban J connectivity index is 2.54. The Hall–Kier alpha value is -1.13. The fraction of sp³-hybridized carbons (Fsp3) is 0.222. The van der Waals surface area contributed by atoms with E-state index in [1.807, 2.05) is 0 Å². The molecule has 0 spiro atoms. The molecule has 1 aromatic carbocycles. The molecule has 74 valence electrons. The summed E-state index contributed by atoms with van der Waals surface area (Å²) in [5.74, 6) is -0.318. The van der Waals surface area contributed by atoms with Crippen molar-refractivity contribution in [3.8, 4) is 5.75 Å². The molecular weight excluding hydrogens is 211 g/mol. The third kappa shape index (κ3) is 1.47. The maximum absolute atomic E-state index is 13.6. The molecule has 1 aliphatic heterocycles. The van der Waals surface area contributed by atoms with Gasteiger partial charge in [-0.25, -0.2) is 4.39 Å². The van der Waals surface area contributed by atoms with Gasteiger partial charge in [0.15, 0.2) is 5.75 Å². The second-order valence-electron chi connectivity index (χ2n) is 2.83. The van der Waals surface area contributed by atoms with Gasteiger partial charge in [-0.2, -0.15) is 4.89 Å². The highest BCUT2D eigenvalue weighted by atomic mass is 35.5. The molecule has 0 bridgehead atoms. The molecule has 1 aromatic rings. The summed E-state index contributed by atoms with van der Waals surface area (Å²) in [6.07, 6.45) is 0.374. The van der Waals surface area contributed by atoms with Crippen LogP contribution >= 0.6 is 11.6 Å². The molecule has 3 nitrogen and oxygen atoms in total. The summed E-state index contributed by atoms with van der Waals surface area (Å²) >= 11 is 5.20. The predicted molar refractivity (Wildman–Crippen MR) is 46.9 cm³/mol. The van der Waals surface area contributed by atoms with Crippen LogP contribution in [0.4, 0.5) is 4.39 Å². The van der Waals surface area contributed by atoms with Gasteiger partial charge in [0.25, 0.3) is 5.24 Å². The number of hydrogen-bond donors (Lipinski definition) is 0. The zero-order valence-corrected chi connectivity index (χ0v) is 7.81. The van der Waals surface area contributed by atoms with E-state index in [9.17, 15) is 9.18 Å². The molecule has 0 unspecified atom stereocenters. The normalized spacial score (nSPS) is 14.4. The van der Waals surface area contributed by atoms with E-state index in [4.69, 9.17) is 16.5 Å². The number of hydrogen-bond acceptors (Lipinski definition) is 3. The van der Waals surface area contributed by atoms with E-state index >= 15 is 0 Å². The SMILES string of the molecule is O=C(Cl)c1ccc2c(c1F)CCOO2. The van der Waals surface area contributed by atoms with Gasteiger partial charge in [0, 0.05) is 12.0 Å². The smallest absolute Gasteiger partial charge is 0.255 e. The second-order valence-corrected chi connectivity index (χ2v) is 3.18. The minimum Gasteiger partial charge on any atom is -0.337 e. The Labute approximate surface area is 84.3 Å². The lowest BCUT2D eigenvalue weighted by Gasteiger charge is -2.16. The number of benzene rings is 1. The van der Waals surface area contributed by atoms with Crippen LogP contribution in [0.25, 0.3) is 0 Å².